The standard InChI is InChI=1S/C20H28N4S2/c1-14-4-6-15(7-5-14)22(16-8-9-16)13-23-20(25)24(17-10-11-17)19(21-23)18-3-2-12-26-18/h2-3,12,14-17H,4-11,13H2,1H3. The van der Waals surface area contributed by atoms with E-state index in [1.165, 1.54) is 56.2 Å². The predicted octanol–water partition coefficient (Wildman–Crippen LogP) is 5.48. The number of hydrogen-bond acceptors (Lipinski definition) is 4. The summed E-state index contributed by atoms with van der Waals surface area (Å²) in [6.45, 7) is 3.28. The molecule has 3 fully saturated rings. The molecule has 0 spiro atoms. The van der Waals surface area contributed by atoms with Gasteiger partial charge in [0.25, 0.3) is 0 Å². The Balaban J connectivity index is 1.44. The van der Waals surface area contributed by atoms with Gasteiger partial charge in [0.1, 0.15) is 0 Å². The molecule has 6 heteroatoms. The van der Waals surface area contributed by atoms with Gasteiger partial charge in [-0.2, -0.15) is 0 Å². The van der Waals surface area contributed by atoms with Crippen LogP contribution in [0.15, 0.2) is 17.5 Å². The number of aromatic nitrogens is 3. The third-order valence-corrected chi connectivity index (χ3v) is 7.56. The molecule has 0 bridgehead atoms. The normalized spacial score (nSPS) is 26.5. The Morgan fingerprint density at radius 1 is 1.12 bits per heavy atom. The van der Waals surface area contributed by atoms with E-state index in [4.69, 9.17) is 17.3 Å². The number of rotatable bonds is 6. The zero-order valence-electron chi connectivity index (χ0n) is 15.5. The molecule has 5 rings (SSSR count). The molecule has 0 atom stereocenters. The van der Waals surface area contributed by atoms with Gasteiger partial charge < -0.3 is 0 Å². The second kappa shape index (κ2) is 6.88. The van der Waals surface area contributed by atoms with Crippen molar-refractivity contribution in [3.63, 3.8) is 0 Å². The molecule has 3 aliphatic rings. The summed E-state index contributed by atoms with van der Waals surface area (Å²) in [5.41, 5.74) is 0. The monoisotopic (exact) mass is 388 g/mol. The van der Waals surface area contributed by atoms with Crippen LogP contribution >= 0.6 is 23.6 Å². The lowest BCUT2D eigenvalue weighted by Crippen LogP contribution is -2.41. The van der Waals surface area contributed by atoms with Crippen molar-refractivity contribution >= 4 is 23.6 Å². The lowest BCUT2D eigenvalue weighted by Gasteiger charge is -2.36. The van der Waals surface area contributed by atoms with Crippen LogP contribution in [-0.2, 0) is 6.67 Å². The second-order valence-corrected chi connectivity index (χ2v) is 9.80. The Bertz CT molecular complexity index is 805. The predicted molar refractivity (Wildman–Crippen MR) is 109 cm³/mol. The molecule has 0 N–H and O–H groups in total. The third-order valence-electron chi connectivity index (χ3n) is 6.29. The summed E-state index contributed by atoms with van der Waals surface area (Å²) in [4.78, 5) is 3.97. The minimum Gasteiger partial charge on any atom is -0.296 e. The highest BCUT2D eigenvalue weighted by atomic mass is 32.1. The van der Waals surface area contributed by atoms with Crippen LogP contribution in [0.25, 0.3) is 10.7 Å². The second-order valence-electron chi connectivity index (χ2n) is 8.48. The van der Waals surface area contributed by atoms with Crippen LogP contribution in [0.1, 0.15) is 64.3 Å². The van der Waals surface area contributed by atoms with Gasteiger partial charge in [0.15, 0.2) is 10.6 Å². The molecule has 0 aromatic carbocycles. The van der Waals surface area contributed by atoms with Crippen molar-refractivity contribution in [2.45, 2.75) is 83.1 Å². The Morgan fingerprint density at radius 3 is 2.38 bits per heavy atom. The van der Waals surface area contributed by atoms with E-state index in [1.807, 2.05) is 0 Å². The molecule has 0 radical (unpaired) electrons. The highest BCUT2D eigenvalue weighted by Crippen LogP contribution is 2.40. The molecule has 4 nitrogen and oxygen atoms in total. The summed E-state index contributed by atoms with van der Waals surface area (Å²) in [7, 11) is 0. The van der Waals surface area contributed by atoms with E-state index in [9.17, 15) is 0 Å². The van der Waals surface area contributed by atoms with Crippen LogP contribution in [-0.4, -0.2) is 31.3 Å². The van der Waals surface area contributed by atoms with Gasteiger partial charge in [-0.15, -0.1) is 16.4 Å². The summed E-state index contributed by atoms with van der Waals surface area (Å²) in [5.74, 6) is 1.98. The van der Waals surface area contributed by atoms with Crippen molar-refractivity contribution in [1.29, 1.82) is 0 Å². The maximum Gasteiger partial charge on any atom is 0.199 e. The fraction of sp³-hybridized carbons (Fsp3) is 0.700. The average Bonchev–Trinajstić information content (AvgIpc) is 3.57. The Labute approximate surface area is 164 Å². The molecule has 3 aliphatic carbocycles. The van der Waals surface area contributed by atoms with Gasteiger partial charge in [-0.25, -0.2) is 4.68 Å². The van der Waals surface area contributed by atoms with E-state index in [0.717, 1.165) is 35.3 Å². The van der Waals surface area contributed by atoms with Crippen LogP contribution in [0.2, 0.25) is 0 Å². The Kier molecular flexibility index (Phi) is 4.53. The number of thiophene rings is 1. The van der Waals surface area contributed by atoms with Gasteiger partial charge >= 0.3 is 0 Å². The van der Waals surface area contributed by atoms with Crippen molar-refractivity contribution in [3.8, 4) is 10.7 Å². The van der Waals surface area contributed by atoms with Gasteiger partial charge in [-0.05, 0) is 80.9 Å². The highest BCUT2D eigenvalue weighted by Gasteiger charge is 2.36. The molecule has 2 aromatic heterocycles. The van der Waals surface area contributed by atoms with Crippen molar-refractivity contribution in [2.75, 3.05) is 0 Å². The molecule has 0 amide bonds. The fourth-order valence-corrected chi connectivity index (χ4v) is 5.45. The minimum absolute atomic E-state index is 0.568. The van der Waals surface area contributed by atoms with Crippen molar-refractivity contribution in [2.24, 2.45) is 5.92 Å². The summed E-state index contributed by atoms with van der Waals surface area (Å²) in [6.07, 6.45) is 10.6. The summed E-state index contributed by atoms with van der Waals surface area (Å²) >= 11 is 7.66. The van der Waals surface area contributed by atoms with Gasteiger partial charge in [-0.1, -0.05) is 13.0 Å². The van der Waals surface area contributed by atoms with E-state index in [0.29, 0.717) is 6.04 Å². The first kappa shape index (κ1) is 17.1. The Hall–Kier alpha value is -0.980. The van der Waals surface area contributed by atoms with Crippen LogP contribution < -0.4 is 0 Å². The average molecular weight is 389 g/mol. The summed E-state index contributed by atoms with van der Waals surface area (Å²) in [6, 6.07) is 6.33. The maximum atomic E-state index is 5.89. The maximum absolute atomic E-state index is 5.89. The van der Waals surface area contributed by atoms with Gasteiger partial charge in [0.2, 0.25) is 0 Å². The first-order chi connectivity index (χ1) is 12.7. The van der Waals surface area contributed by atoms with E-state index >= 15 is 0 Å². The third kappa shape index (κ3) is 3.32. The van der Waals surface area contributed by atoms with Crippen LogP contribution in [0.4, 0.5) is 0 Å². The van der Waals surface area contributed by atoms with E-state index in [-0.39, 0.29) is 0 Å². The first-order valence-corrected chi connectivity index (χ1v) is 11.5. The zero-order chi connectivity index (χ0) is 17.7. The molecular formula is C20H28N4S2. The summed E-state index contributed by atoms with van der Waals surface area (Å²) in [5, 5.41) is 7.15. The van der Waals surface area contributed by atoms with Crippen molar-refractivity contribution in [3.05, 3.63) is 22.3 Å². The molecule has 3 saturated carbocycles. The molecule has 0 aliphatic heterocycles. The molecule has 2 heterocycles. The zero-order valence-corrected chi connectivity index (χ0v) is 17.1. The van der Waals surface area contributed by atoms with E-state index in [2.05, 4.69) is 38.6 Å². The topological polar surface area (TPSA) is 26.0 Å². The van der Waals surface area contributed by atoms with Crippen LogP contribution in [0.3, 0.4) is 0 Å². The van der Waals surface area contributed by atoms with Gasteiger partial charge in [-0.3, -0.25) is 9.47 Å². The molecule has 0 unspecified atom stereocenters. The quantitative estimate of drug-likeness (QED) is 0.613. The molecule has 140 valence electrons. The lowest BCUT2D eigenvalue weighted by atomic mass is 9.86. The molecule has 0 saturated heterocycles. The van der Waals surface area contributed by atoms with Crippen LogP contribution in [0, 0.1) is 10.7 Å². The minimum atomic E-state index is 0.568. The fourth-order valence-electron chi connectivity index (χ4n) is 4.41. The molecule has 2 aromatic rings. The van der Waals surface area contributed by atoms with E-state index < -0.39 is 0 Å². The van der Waals surface area contributed by atoms with Gasteiger partial charge in [0.05, 0.1) is 11.5 Å². The molecular weight excluding hydrogens is 360 g/mol. The highest BCUT2D eigenvalue weighted by molar-refractivity contribution is 7.71. The smallest absolute Gasteiger partial charge is 0.199 e. The Morgan fingerprint density at radius 2 is 1.81 bits per heavy atom. The SMILES string of the molecule is CC1CCC(N(Cn2nc(-c3cccs3)n(C3CC3)c2=S)C2CC2)CC1. The largest absolute Gasteiger partial charge is 0.296 e. The lowest BCUT2D eigenvalue weighted by molar-refractivity contribution is 0.0920. The van der Waals surface area contributed by atoms with E-state index in [1.54, 1.807) is 11.3 Å². The van der Waals surface area contributed by atoms with Crippen molar-refractivity contribution < 1.29 is 0 Å². The van der Waals surface area contributed by atoms with Crippen molar-refractivity contribution in [1.82, 2.24) is 19.2 Å². The number of nitrogens with zero attached hydrogens (tertiary/aromatic N) is 4. The van der Waals surface area contributed by atoms with Gasteiger partial charge in [0, 0.05) is 18.1 Å². The summed E-state index contributed by atoms with van der Waals surface area (Å²) < 4.78 is 5.37. The number of hydrogen-bond donors (Lipinski definition) is 0. The molecule has 26 heavy (non-hydrogen) atoms. The first-order valence-electron chi connectivity index (χ1n) is 10.2. The van der Waals surface area contributed by atoms with Crippen LogP contribution in [0.5, 0.6) is 0 Å².